The van der Waals surface area contributed by atoms with Gasteiger partial charge in [-0.05, 0) is 18.6 Å². The zero-order chi connectivity index (χ0) is 12.3. The van der Waals surface area contributed by atoms with Gasteiger partial charge in [-0.25, -0.2) is 4.98 Å². The third-order valence-corrected chi connectivity index (χ3v) is 2.55. The maximum Gasteiger partial charge on any atom is 0.245 e. The number of anilines is 1. The van der Waals surface area contributed by atoms with E-state index >= 15 is 0 Å². The number of hydrogen-bond donors (Lipinski definition) is 2. The predicted molar refractivity (Wildman–Crippen MR) is 60.3 cm³/mol. The second kappa shape index (κ2) is 4.82. The third kappa shape index (κ3) is 2.72. The maximum atomic E-state index is 11.6. The SMILES string of the molecule is O=C(CN1CCCC1=O)Nc1ncccc1O. The fraction of sp³-hybridized carbons (Fsp3) is 0.364. The fourth-order valence-electron chi connectivity index (χ4n) is 1.71. The van der Waals surface area contributed by atoms with E-state index in [2.05, 4.69) is 10.3 Å². The van der Waals surface area contributed by atoms with Crippen LogP contribution in [0.3, 0.4) is 0 Å². The molecule has 1 aromatic heterocycles. The molecule has 2 N–H and O–H groups in total. The molecule has 1 aliphatic heterocycles. The second-order valence-electron chi connectivity index (χ2n) is 3.84. The number of carbonyl (C=O) groups is 2. The molecule has 0 saturated carbocycles. The van der Waals surface area contributed by atoms with E-state index in [1.807, 2.05) is 0 Å². The van der Waals surface area contributed by atoms with Crippen molar-refractivity contribution in [3.8, 4) is 5.75 Å². The number of likely N-dealkylation sites (tertiary alicyclic amines) is 1. The lowest BCUT2D eigenvalue weighted by Crippen LogP contribution is -2.34. The normalized spacial score (nSPS) is 15.1. The molecule has 0 bridgehead atoms. The Balaban J connectivity index is 1.93. The number of rotatable bonds is 3. The molecule has 2 rings (SSSR count). The lowest BCUT2D eigenvalue weighted by atomic mass is 10.4. The van der Waals surface area contributed by atoms with Gasteiger partial charge in [0.15, 0.2) is 11.6 Å². The van der Waals surface area contributed by atoms with Crippen LogP contribution in [0.25, 0.3) is 0 Å². The number of nitrogens with zero attached hydrogens (tertiary/aromatic N) is 2. The van der Waals surface area contributed by atoms with Gasteiger partial charge in [-0.2, -0.15) is 0 Å². The zero-order valence-electron chi connectivity index (χ0n) is 9.22. The number of carbonyl (C=O) groups excluding carboxylic acids is 2. The molecule has 0 aromatic carbocycles. The highest BCUT2D eigenvalue weighted by atomic mass is 16.3. The van der Waals surface area contributed by atoms with Crippen LogP contribution in [0.2, 0.25) is 0 Å². The summed E-state index contributed by atoms with van der Waals surface area (Å²) < 4.78 is 0. The van der Waals surface area contributed by atoms with Crippen LogP contribution in [0.4, 0.5) is 5.82 Å². The van der Waals surface area contributed by atoms with E-state index in [1.165, 1.54) is 17.2 Å². The summed E-state index contributed by atoms with van der Waals surface area (Å²) in [6.45, 7) is 0.620. The van der Waals surface area contributed by atoms with E-state index in [4.69, 9.17) is 0 Å². The predicted octanol–water partition coefficient (Wildman–Crippen LogP) is 0.348. The molecular weight excluding hydrogens is 222 g/mol. The number of pyridine rings is 1. The van der Waals surface area contributed by atoms with Crippen molar-refractivity contribution in [1.82, 2.24) is 9.88 Å². The van der Waals surface area contributed by atoms with Crippen LogP contribution < -0.4 is 5.32 Å². The molecular formula is C11H13N3O3. The Kier molecular flexibility index (Phi) is 3.22. The van der Waals surface area contributed by atoms with E-state index in [0.29, 0.717) is 13.0 Å². The van der Waals surface area contributed by atoms with Crippen molar-refractivity contribution in [2.75, 3.05) is 18.4 Å². The minimum Gasteiger partial charge on any atom is -0.504 e. The number of hydrogen-bond acceptors (Lipinski definition) is 4. The van der Waals surface area contributed by atoms with Gasteiger partial charge in [-0.15, -0.1) is 0 Å². The summed E-state index contributed by atoms with van der Waals surface area (Å²) in [5.41, 5.74) is 0. The summed E-state index contributed by atoms with van der Waals surface area (Å²) in [4.78, 5) is 28.2. The second-order valence-corrected chi connectivity index (χ2v) is 3.84. The highest BCUT2D eigenvalue weighted by molar-refractivity contribution is 5.95. The van der Waals surface area contributed by atoms with E-state index in [1.54, 1.807) is 6.07 Å². The number of amides is 2. The Bertz CT molecular complexity index is 447. The minimum atomic E-state index is -0.353. The summed E-state index contributed by atoms with van der Waals surface area (Å²) in [5.74, 6) is -0.336. The topological polar surface area (TPSA) is 82.5 Å². The molecule has 6 nitrogen and oxygen atoms in total. The first-order valence-electron chi connectivity index (χ1n) is 5.38. The fourth-order valence-corrected chi connectivity index (χ4v) is 1.71. The Morgan fingerprint density at radius 1 is 1.59 bits per heavy atom. The smallest absolute Gasteiger partial charge is 0.245 e. The van der Waals surface area contributed by atoms with Gasteiger partial charge in [0.2, 0.25) is 11.8 Å². The first-order chi connectivity index (χ1) is 8.16. The lowest BCUT2D eigenvalue weighted by Gasteiger charge is -2.14. The first-order valence-corrected chi connectivity index (χ1v) is 5.38. The quantitative estimate of drug-likeness (QED) is 0.791. The van der Waals surface area contributed by atoms with E-state index in [9.17, 15) is 14.7 Å². The van der Waals surface area contributed by atoms with Crippen LogP contribution in [0.15, 0.2) is 18.3 Å². The molecule has 2 heterocycles. The van der Waals surface area contributed by atoms with Crippen molar-refractivity contribution < 1.29 is 14.7 Å². The van der Waals surface area contributed by atoms with Gasteiger partial charge in [0.25, 0.3) is 0 Å². The van der Waals surface area contributed by atoms with Crippen LogP contribution in [-0.4, -0.2) is 39.9 Å². The highest BCUT2D eigenvalue weighted by Crippen LogP contribution is 2.18. The third-order valence-electron chi connectivity index (χ3n) is 2.55. The van der Waals surface area contributed by atoms with Crippen LogP contribution in [0.1, 0.15) is 12.8 Å². The molecule has 1 aliphatic rings. The summed E-state index contributed by atoms with van der Waals surface area (Å²) in [5, 5.41) is 11.9. The molecule has 0 unspecified atom stereocenters. The highest BCUT2D eigenvalue weighted by Gasteiger charge is 2.22. The summed E-state index contributed by atoms with van der Waals surface area (Å²) in [6.07, 6.45) is 2.76. The van der Waals surface area contributed by atoms with Crippen LogP contribution in [0.5, 0.6) is 5.75 Å². The summed E-state index contributed by atoms with van der Waals surface area (Å²) in [6, 6.07) is 3.00. The van der Waals surface area contributed by atoms with E-state index < -0.39 is 0 Å². The molecule has 17 heavy (non-hydrogen) atoms. The average Bonchev–Trinajstić information content (AvgIpc) is 2.68. The van der Waals surface area contributed by atoms with Crippen molar-refractivity contribution in [2.24, 2.45) is 0 Å². The van der Waals surface area contributed by atoms with Crippen molar-refractivity contribution in [2.45, 2.75) is 12.8 Å². The van der Waals surface area contributed by atoms with Gasteiger partial charge >= 0.3 is 0 Å². The first kappa shape index (κ1) is 11.4. The van der Waals surface area contributed by atoms with Crippen molar-refractivity contribution in [1.29, 1.82) is 0 Å². The van der Waals surface area contributed by atoms with Crippen LogP contribution in [0, 0.1) is 0 Å². The molecule has 1 aromatic rings. The monoisotopic (exact) mass is 235 g/mol. The number of nitrogens with one attached hydrogen (secondary N) is 1. The molecule has 90 valence electrons. The zero-order valence-corrected chi connectivity index (χ0v) is 9.22. The van der Waals surface area contributed by atoms with Gasteiger partial charge in [0, 0.05) is 19.2 Å². The van der Waals surface area contributed by atoms with Gasteiger partial charge in [0.1, 0.15) is 0 Å². The summed E-state index contributed by atoms with van der Waals surface area (Å²) in [7, 11) is 0. The van der Waals surface area contributed by atoms with Gasteiger partial charge in [-0.1, -0.05) is 0 Å². The van der Waals surface area contributed by atoms with E-state index in [0.717, 1.165) is 6.42 Å². The lowest BCUT2D eigenvalue weighted by molar-refractivity contribution is -0.131. The number of aromatic hydroxyl groups is 1. The van der Waals surface area contributed by atoms with Crippen molar-refractivity contribution >= 4 is 17.6 Å². The molecule has 2 amide bonds. The van der Waals surface area contributed by atoms with Crippen molar-refractivity contribution in [3.05, 3.63) is 18.3 Å². The molecule has 0 atom stereocenters. The Labute approximate surface area is 98.3 Å². The Morgan fingerprint density at radius 3 is 3.06 bits per heavy atom. The van der Waals surface area contributed by atoms with Gasteiger partial charge in [0.05, 0.1) is 6.54 Å². The van der Waals surface area contributed by atoms with Gasteiger partial charge in [-0.3, -0.25) is 9.59 Å². The van der Waals surface area contributed by atoms with Gasteiger partial charge < -0.3 is 15.3 Å². The molecule has 1 fully saturated rings. The molecule has 0 aliphatic carbocycles. The average molecular weight is 235 g/mol. The Hall–Kier alpha value is -2.11. The van der Waals surface area contributed by atoms with Crippen LogP contribution >= 0.6 is 0 Å². The van der Waals surface area contributed by atoms with E-state index in [-0.39, 0.29) is 29.9 Å². The molecule has 0 spiro atoms. The molecule has 6 heteroatoms. The molecule has 0 radical (unpaired) electrons. The van der Waals surface area contributed by atoms with Crippen molar-refractivity contribution in [3.63, 3.8) is 0 Å². The van der Waals surface area contributed by atoms with Crippen LogP contribution in [-0.2, 0) is 9.59 Å². The largest absolute Gasteiger partial charge is 0.504 e. The Morgan fingerprint density at radius 2 is 2.41 bits per heavy atom. The summed E-state index contributed by atoms with van der Waals surface area (Å²) >= 11 is 0. The molecule has 1 saturated heterocycles. The maximum absolute atomic E-state index is 11.6. The standard InChI is InChI=1S/C11H13N3O3/c15-8-3-1-5-12-11(8)13-9(16)7-14-6-2-4-10(14)17/h1,3,5,15H,2,4,6-7H2,(H,12,13,16). The minimum absolute atomic E-state index is 0.00878. The number of aromatic nitrogens is 1.